The van der Waals surface area contributed by atoms with E-state index in [0.717, 1.165) is 21.9 Å². The second-order valence-electron chi connectivity index (χ2n) is 5.62. The third kappa shape index (κ3) is 3.04. The number of thiazole rings is 1. The van der Waals surface area contributed by atoms with Crippen LogP contribution in [-0.2, 0) is 0 Å². The van der Waals surface area contributed by atoms with Crippen LogP contribution in [0, 0.1) is 6.92 Å². The van der Waals surface area contributed by atoms with Gasteiger partial charge >= 0.3 is 0 Å². The summed E-state index contributed by atoms with van der Waals surface area (Å²) in [4.78, 5) is 18.7. The minimum atomic E-state index is -0.142. The Morgan fingerprint density at radius 3 is 2.52 bits per heavy atom. The molecule has 4 nitrogen and oxygen atoms in total. The number of fused-ring (bicyclic) bond motifs is 1. The van der Waals surface area contributed by atoms with Crippen LogP contribution in [0.25, 0.3) is 16.2 Å². The van der Waals surface area contributed by atoms with Crippen LogP contribution in [0.4, 0.5) is 5.69 Å². The molecule has 0 aliphatic rings. The van der Waals surface area contributed by atoms with Gasteiger partial charge in [-0.1, -0.05) is 53.3 Å². The number of anilines is 1. The largest absolute Gasteiger partial charge is 0.321 e. The lowest BCUT2D eigenvalue weighted by molar-refractivity contribution is 0.102. The highest BCUT2D eigenvalue weighted by atomic mass is 35.5. The summed E-state index contributed by atoms with van der Waals surface area (Å²) in [7, 11) is 0. The van der Waals surface area contributed by atoms with Crippen molar-refractivity contribution in [2.75, 3.05) is 5.32 Å². The lowest BCUT2D eigenvalue weighted by Crippen LogP contribution is -2.11. The molecule has 1 amide bonds. The van der Waals surface area contributed by atoms with E-state index in [4.69, 9.17) is 11.6 Å². The van der Waals surface area contributed by atoms with Crippen LogP contribution in [0.3, 0.4) is 0 Å². The summed E-state index contributed by atoms with van der Waals surface area (Å²) in [6, 6.07) is 17.1. The van der Waals surface area contributed by atoms with E-state index in [1.807, 2.05) is 47.9 Å². The molecule has 1 N–H and O–H groups in total. The molecular weight excluding hydrogens is 354 g/mol. The van der Waals surface area contributed by atoms with Gasteiger partial charge in [0.05, 0.1) is 5.69 Å². The van der Waals surface area contributed by atoms with Crippen molar-refractivity contribution in [2.45, 2.75) is 6.92 Å². The highest BCUT2D eigenvalue weighted by Gasteiger charge is 2.18. The first-order valence-electron chi connectivity index (χ1n) is 7.72. The molecule has 0 unspecified atom stereocenters. The molecule has 0 spiro atoms. The number of benzene rings is 2. The number of aryl methyl sites for hydroxylation is 1. The predicted molar refractivity (Wildman–Crippen MR) is 103 cm³/mol. The highest BCUT2D eigenvalue weighted by Crippen LogP contribution is 2.27. The summed E-state index contributed by atoms with van der Waals surface area (Å²) in [5.41, 5.74) is 3.55. The second kappa shape index (κ2) is 6.35. The summed E-state index contributed by atoms with van der Waals surface area (Å²) in [6.45, 7) is 1.93. The molecule has 6 heteroatoms. The van der Waals surface area contributed by atoms with Gasteiger partial charge in [-0.2, -0.15) is 0 Å². The smallest absolute Gasteiger partial charge is 0.267 e. The number of amides is 1. The van der Waals surface area contributed by atoms with Crippen molar-refractivity contribution in [3.05, 3.63) is 76.4 Å². The summed E-state index contributed by atoms with van der Waals surface area (Å²) >= 11 is 7.26. The monoisotopic (exact) mass is 367 g/mol. The Kier molecular flexibility index (Phi) is 4.03. The SMILES string of the molecule is Cc1c(C(=O)Nc2ccc(Cl)cc2)sc2nc(-c3ccccc3)cn12. The fraction of sp³-hybridized carbons (Fsp3) is 0.0526. The molecule has 4 aromatic rings. The normalized spacial score (nSPS) is 11.0. The molecule has 2 aromatic carbocycles. The van der Waals surface area contributed by atoms with E-state index in [-0.39, 0.29) is 5.91 Å². The van der Waals surface area contributed by atoms with Gasteiger partial charge in [0.2, 0.25) is 0 Å². The number of imidazole rings is 1. The minimum Gasteiger partial charge on any atom is -0.321 e. The number of hydrogen-bond donors (Lipinski definition) is 1. The van der Waals surface area contributed by atoms with Crippen molar-refractivity contribution in [3.63, 3.8) is 0 Å². The fourth-order valence-corrected chi connectivity index (χ4v) is 3.76. The Balaban J connectivity index is 1.64. The average molecular weight is 368 g/mol. The van der Waals surface area contributed by atoms with Gasteiger partial charge in [0.25, 0.3) is 5.91 Å². The van der Waals surface area contributed by atoms with Gasteiger partial charge in [0.15, 0.2) is 4.96 Å². The second-order valence-corrected chi connectivity index (χ2v) is 7.04. The molecule has 0 saturated carbocycles. The van der Waals surface area contributed by atoms with Crippen LogP contribution in [0.1, 0.15) is 15.4 Å². The van der Waals surface area contributed by atoms with E-state index in [2.05, 4.69) is 10.3 Å². The van der Waals surface area contributed by atoms with E-state index in [0.29, 0.717) is 15.6 Å². The molecule has 0 radical (unpaired) electrons. The van der Waals surface area contributed by atoms with E-state index < -0.39 is 0 Å². The molecule has 2 heterocycles. The number of rotatable bonds is 3. The molecule has 25 heavy (non-hydrogen) atoms. The standard InChI is InChI=1S/C19H14ClN3OS/c1-12-17(18(24)21-15-9-7-14(20)8-10-15)25-19-22-16(11-23(12)19)13-5-3-2-4-6-13/h2-11H,1H3,(H,21,24). The zero-order chi connectivity index (χ0) is 17.4. The number of aromatic nitrogens is 2. The van der Waals surface area contributed by atoms with Crippen LogP contribution < -0.4 is 5.32 Å². The Morgan fingerprint density at radius 2 is 1.84 bits per heavy atom. The summed E-state index contributed by atoms with van der Waals surface area (Å²) in [6.07, 6.45) is 1.97. The minimum absolute atomic E-state index is 0.142. The van der Waals surface area contributed by atoms with Crippen LogP contribution in [-0.4, -0.2) is 15.3 Å². The summed E-state index contributed by atoms with van der Waals surface area (Å²) < 4.78 is 1.96. The third-order valence-corrected chi connectivity index (χ3v) is 5.34. The molecule has 0 aliphatic carbocycles. The highest BCUT2D eigenvalue weighted by molar-refractivity contribution is 7.19. The van der Waals surface area contributed by atoms with Gasteiger partial charge in [-0.15, -0.1) is 0 Å². The van der Waals surface area contributed by atoms with Gasteiger partial charge in [-0.05, 0) is 31.2 Å². The van der Waals surface area contributed by atoms with Crippen molar-refractivity contribution in [2.24, 2.45) is 0 Å². The van der Waals surface area contributed by atoms with E-state index in [1.165, 1.54) is 11.3 Å². The number of carbonyl (C=O) groups excluding carboxylic acids is 1. The number of nitrogens with one attached hydrogen (secondary N) is 1. The van der Waals surface area contributed by atoms with Gasteiger partial charge < -0.3 is 5.32 Å². The zero-order valence-corrected chi connectivity index (χ0v) is 14.9. The number of hydrogen-bond acceptors (Lipinski definition) is 3. The maximum Gasteiger partial charge on any atom is 0.267 e. The predicted octanol–water partition coefficient (Wildman–Crippen LogP) is 5.28. The van der Waals surface area contributed by atoms with E-state index in [9.17, 15) is 4.79 Å². The van der Waals surface area contributed by atoms with Gasteiger partial charge in [-0.25, -0.2) is 4.98 Å². The van der Waals surface area contributed by atoms with Crippen LogP contribution in [0.5, 0.6) is 0 Å². The lowest BCUT2D eigenvalue weighted by Gasteiger charge is -2.04. The molecule has 0 aliphatic heterocycles. The Hall–Kier alpha value is -2.63. The summed E-state index contributed by atoms with van der Waals surface area (Å²) in [5.74, 6) is -0.142. The first-order chi connectivity index (χ1) is 12.1. The molecule has 0 fully saturated rings. The molecule has 124 valence electrons. The van der Waals surface area contributed by atoms with Gasteiger partial charge in [0.1, 0.15) is 4.88 Å². The Morgan fingerprint density at radius 1 is 1.12 bits per heavy atom. The zero-order valence-electron chi connectivity index (χ0n) is 13.4. The molecule has 0 atom stereocenters. The topological polar surface area (TPSA) is 46.4 Å². The van der Waals surface area contributed by atoms with Crippen molar-refractivity contribution in [1.82, 2.24) is 9.38 Å². The number of halogens is 1. The first kappa shape index (κ1) is 15.9. The Labute approximate surface area is 153 Å². The number of carbonyl (C=O) groups is 1. The van der Waals surface area contributed by atoms with Gasteiger partial charge in [0, 0.05) is 28.2 Å². The van der Waals surface area contributed by atoms with E-state index in [1.54, 1.807) is 24.3 Å². The first-order valence-corrected chi connectivity index (χ1v) is 8.92. The van der Waals surface area contributed by atoms with Crippen LogP contribution in [0.15, 0.2) is 60.8 Å². The molecule has 0 bridgehead atoms. The average Bonchev–Trinajstić information content (AvgIpc) is 3.17. The number of nitrogens with zero attached hydrogens (tertiary/aromatic N) is 2. The maximum absolute atomic E-state index is 12.6. The fourth-order valence-electron chi connectivity index (χ4n) is 2.63. The van der Waals surface area contributed by atoms with Crippen LogP contribution in [0.2, 0.25) is 5.02 Å². The van der Waals surface area contributed by atoms with Crippen LogP contribution >= 0.6 is 22.9 Å². The third-order valence-electron chi connectivity index (χ3n) is 3.93. The molecule has 4 rings (SSSR count). The molecule has 0 saturated heterocycles. The lowest BCUT2D eigenvalue weighted by atomic mass is 10.2. The molecule has 2 aromatic heterocycles. The van der Waals surface area contributed by atoms with Crippen molar-refractivity contribution in [3.8, 4) is 11.3 Å². The van der Waals surface area contributed by atoms with Crippen molar-refractivity contribution < 1.29 is 4.79 Å². The van der Waals surface area contributed by atoms with Gasteiger partial charge in [-0.3, -0.25) is 9.20 Å². The Bertz CT molecular complexity index is 1050. The molecular formula is C19H14ClN3OS. The van der Waals surface area contributed by atoms with Crippen molar-refractivity contribution >= 4 is 39.5 Å². The maximum atomic E-state index is 12.6. The van der Waals surface area contributed by atoms with E-state index >= 15 is 0 Å². The summed E-state index contributed by atoms with van der Waals surface area (Å²) in [5, 5.41) is 3.53. The quantitative estimate of drug-likeness (QED) is 0.535. The van der Waals surface area contributed by atoms with Crippen molar-refractivity contribution in [1.29, 1.82) is 0 Å².